The second-order valence-corrected chi connectivity index (χ2v) is 10.5. The van der Waals surface area contributed by atoms with Crippen LogP contribution in [0.2, 0.25) is 5.02 Å². The Morgan fingerprint density at radius 2 is 1.62 bits per heavy atom. The third-order valence-corrected chi connectivity index (χ3v) is 6.92. The zero-order valence-electron chi connectivity index (χ0n) is 20.2. The summed E-state index contributed by atoms with van der Waals surface area (Å²) in [6, 6.07) is 16.2. The highest BCUT2D eigenvalue weighted by Crippen LogP contribution is 2.36. The van der Waals surface area contributed by atoms with Crippen LogP contribution in [-0.2, 0) is 29.2 Å². The van der Waals surface area contributed by atoms with Gasteiger partial charge >= 0.3 is 6.18 Å². The summed E-state index contributed by atoms with van der Waals surface area (Å²) < 4.78 is 70.8. The highest BCUT2D eigenvalue weighted by Gasteiger charge is 2.32. The van der Waals surface area contributed by atoms with Crippen molar-refractivity contribution in [3.63, 3.8) is 0 Å². The Morgan fingerprint density at radius 1 is 1.00 bits per heavy atom. The first-order valence-corrected chi connectivity index (χ1v) is 13.5. The summed E-state index contributed by atoms with van der Waals surface area (Å²) in [7, 11) is -3.98. The zero-order valence-corrected chi connectivity index (χ0v) is 21.8. The molecule has 0 aliphatic heterocycles. The molecule has 3 rings (SSSR count). The summed E-state index contributed by atoms with van der Waals surface area (Å²) in [4.78, 5) is 12.4. The van der Waals surface area contributed by atoms with Crippen molar-refractivity contribution >= 4 is 33.2 Å². The number of halogens is 4. The van der Waals surface area contributed by atoms with Gasteiger partial charge in [-0.1, -0.05) is 42.8 Å². The lowest BCUT2D eigenvalue weighted by atomic mass is 10.1. The molecule has 1 amide bonds. The second kappa shape index (κ2) is 11.9. The molecule has 0 saturated heterocycles. The van der Waals surface area contributed by atoms with Crippen molar-refractivity contribution in [1.29, 1.82) is 0 Å². The molecule has 0 aromatic heterocycles. The van der Waals surface area contributed by atoms with Gasteiger partial charge in [0.05, 0.1) is 35.6 Å². The summed E-state index contributed by atoms with van der Waals surface area (Å²) in [5.74, 6) is 0.351. The van der Waals surface area contributed by atoms with Crippen LogP contribution in [0, 0.1) is 0 Å². The van der Waals surface area contributed by atoms with Crippen LogP contribution in [0.1, 0.15) is 34.0 Å². The summed E-state index contributed by atoms with van der Waals surface area (Å²) in [6.45, 7) is 2.33. The Hall–Kier alpha value is -3.24. The van der Waals surface area contributed by atoms with Gasteiger partial charge in [-0.15, -0.1) is 0 Å². The number of nitrogens with zero attached hydrogens (tertiary/aromatic N) is 1. The van der Waals surface area contributed by atoms with Crippen molar-refractivity contribution in [1.82, 2.24) is 5.32 Å². The van der Waals surface area contributed by atoms with Gasteiger partial charge in [-0.25, -0.2) is 8.42 Å². The van der Waals surface area contributed by atoms with Gasteiger partial charge < -0.3 is 10.1 Å². The standard InChI is InChI=1S/C26H26ClF3N2O4S/c1-3-18-6-11-22(12-7-18)36-15-14-31-25(33)20-8-4-19(5-9-20)17-32(37(2,34)35)24-16-21(26(28,29)30)10-13-23(24)27/h4-13,16H,3,14-15,17H2,1-2H3,(H,31,33). The van der Waals surface area contributed by atoms with E-state index in [1.54, 1.807) is 0 Å². The maximum atomic E-state index is 13.2. The fourth-order valence-electron chi connectivity index (χ4n) is 3.45. The molecule has 0 radical (unpaired) electrons. The van der Waals surface area contributed by atoms with Crippen LogP contribution >= 0.6 is 11.6 Å². The summed E-state index contributed by atoms with van der Waals surface area (Å²) in [6.07, 6.45) is -2.85. The molecule has 0 heterocycles. The number of hydrogen-bond donors (Lipinski definition) is 1. The molecule has 0 spiro atoms. The van der Waals surface area contributed by atoms with Crippen LogP contribution in [0.5, 0.6) is 5.75 Å². The van der Waals surface area contributed by atoms with E-state index >= 15 is 0 Å². The van der Waals surface area contributed by atoms with Crippen LogP contribution in [0.15, 0.2) is 66.7 Å². The van der Waals surface area contributed by atoms with Crippen molar-refractivity contribution < 1.29 is 31.1 Å². The van der Waals surface area contributed by atoms with Gasteiger partial charge in [0.2, 0.25) is 10.0 Å². The number of carbonyl (C=O) groups is 1. The van der Waals surface area contributed by atoms with Gasteiger partial charge in [-0.05, 0) is 60.0 Å². The molecule has 0 bridgehead atoms. The molecule has 11 heteroatoms. The normalized spacial score (nSPS) is 11.7. The van der Waals surface area contributed by atoms with Gasteiger partial charge in [0.1, 0.15) is 12.4 Å². The van der Waals surface area contributed by atoms with Crippen molar-refractivity contribution in [3.05, 3.63) is 94.0 Å². The topological polar surface area (TPSA) is 75.7 Å². The Balaban J connectivity index is 1.64. The molecular weight excluding hydrogens is 529 g/mol. The minimum absolute atomic E-state index is 0.141. The number of rotatable bonds is 10. The number of sulfonamides is 1. The molecule has 0 fully saturated rings. The molecular formula is C26H26ClF3N2O4S. The number of carbonyl (C=O) groups excluding carboxylic acids is 1. The van der Waals surface area contributed by atoms with Crippen molar-refractivity contribution in [2.75, 3.05) is 23.7 Å². The van der Waals surface area contributed by atoms with Crippen LogP contribution in [-0.4, -0.2) is 33.7 Å². The highest BCUT2D eigenvalue weighted by molar-refractivity contribution is 7.92. The maximum absolute atomic E-state index is 13.2. The fraction of sp³-hybridized carbons (Fsp3) is 0.269. The van der Waals surface area contributed by atoms with E-state index in [1.165, 1.54) is 29.8 Å². The SMILES string of the molecule is CCc1ccc(OCCNC(=O)c2ccc(CN(c3cc(C(F)(F)F)ccc3Cl)S(C)(=O)=O)cc2)cc1. The number of amides is 1. The lowest BCUT2D eigenvalue weighted by Gasteiger charge is -2.24. The fourth-order valence-corrected chi connectivity index (χ4v) is 4.61. The minimum Gasteiger partial charge on any atom is -0.492 e. The molecule has 0 unspecified atom stereocenters. The first kappa shape index (κ1) is 28.3. The average Bonchev–Trinajstić information content (AvgIpc) is 2.85. The molecule has 3 aromatic rings. The van der Waals surface area contributed by atoms with E-state index in [2.05, 4.69) is 12.2 Å². The molecule has 6 nitrogen and oxygen atoms in total. The van der Waals surface area contributed by atoms with Gasteiger partial charge in [0, 0.05) is 5.56 Å². The number of ether oxygens (including phenoxy) is 1. The molecule has 3 aromatic carbocycles. The van der Waals surface area contributed by atoms with E-state index in [4.69, 9.17) is 16.3 Å². The van der Waals surface area contributed by atoms with Gasteiger partial charge in [0.15, 0.2) is 0 Å². The van der Waals surface area contributed by atoms with E-state index in [0.29, 0.717) is 22.9 Å². The largest absolute Gasteiger partial charge is 0.492 e. The van der Waals surface area contributed by atoms with E-state index < -0.39 is 21.8 Å². The van der Waals surface area contributed by atoms with Crippen LogP contribution in [0.4, 0.5) is 18.9 Å². The summed E-state index contributed by atoms with van der Waals surface area (Å²) >= 11 is 6.06. The second-order valence-electron chi connectivity index (χ2n) is 8.23. The van der Waals surface area contributed by atoms with Crippen LogP contribution in [0.3, 0.4) is 0 Å². The monoisotopic (exact) mass is 554 g/mol. The molecule has 0 aliphatic rings. The zero-order chi connectivity index (χ0) is 27.2. The molecule has 0 aliphatic carbocycles. The van der Waals surface area contributed by atoms with Crippen molar-refractivity contribution in [3.8, 4) is 5.75 Å². The van der Waals surface area contributed by atoms with Crippen LogP contribution in [0.25, 0.3) is 0 Å². The first-order chi connectivity index (χ1) is 17.4. The number of alkyl halides is 3. The first-order valence-electron chi connectivity index (χ1n) is 11.3. The molecule has 0 atom stereocenters. The predicted octanol–water partition coefficient (Wildman–Crippen LogP) is 5.70. The lowest BCUT2D eigenvalue weighted by Crippen LogP contribution is -2.30. The number of hydrogen-bond acceptors (Lipinski definition) is 4. The van der Waals surface area contributed by atoms with Gasteiger partial charge in [-0.2, -0.15) is 13.2 Å². The van der Waals surface area contributed by atoms with Gasteiger partial charge in [0.25, 0.3) is 5.91 Å². The van der Waals surface area contributed by atoms with Gasteiger partial charge in [-0.3, -0.25) is 9.10 Å². The quantitative estimate of drug-likeness (QED) is 0.326. The third-order valence-electron chi connectivity index (χ3n) is 5.47. The van der Waals surface area contributed by atoms with Crippen LogP contribution < -0.4 is 14.4 Å². The molecule has 198 valence electrons. The number of aryl methyl sites for hydroxylation is 1. The van der Waals surface area contributed by atoms with E-state index in [-0.39, 0.29) is 36.3 Å². The Bertz CT molecular complexity index is 1330. The Morgan fingerprint density at radius 3 is 2.19 bits per heavy atom. The predicted molar refractivity (Wildman–Crippen MR) is 138 cm³/mol. The average molecular weight is 555 g/mol. The molecule has 1 N–H and O–H groups in total. The summed E-state index contributed by atoms with van der Waals surface area (Å²) in [5, 5.41) is 2.59. The highest BCUT2D eigenvalue weighted by atomic mass is 35.5. The number of anilines is 1. The van der Waals surface area contributed by atoms with Crippen molar-refractivity contribution in [2.24, 2.45) is 0 Å². The number of nitrogens with one attached hydrogen (secondary N) is 1. The Kier molecular flexibility index (Phi) is 9.09. The smallest absolute Gasteiger partial charge is 0.416 e. The number of benzene rings is 3. The maximum Gasteiger partial charge on any atom is 0.416 e. The minimum atomic E-state index is -4.66. The van der Waals surface area contributed by atoms with E-state index in [1.807, 2.05) is 24.3 Å². The Labute approximate surface area is 219 Å². The summed E-state index contributed by atoms with van der Waals surface area (Å²) in [5.41, 5.74) is 0.676. The van der Waals surface area contributed by atoms with E-state index in [0.717, 1.165) is 29.1 Å². The lowest BCUT2D eigenvalue weighted by molar-refractivity contribution is -0.137. The molecule has 0 saturated carbocycles. The molecule has 37 heavy (non-hydrogen) atoms. The van der Waals surface area contributed by atoms with Crippen molar-refractivity contribution in [2.45, 2.75) is 26.1 Å². The third kappa shape index (κ3) is 7.87. The van der Waals surface area contributed by atoms with E-state index in [9.17, 15) is 26.4 Å².